The van der Waals surface area contributed by atoms with Crippen molar-refractivity contribution >= 4 is 5.69 Å². The van der Waals surface area contributed by atoms with Gasteiger partial charge in [-0.3, -0.25) is 0 Å². The molecule has 0 radical (unpaired) electrons. The molecule has 0 spiro atoms. The number of hydrogen-bond acceptors (Lipinski definition) is 2. The Hall–Kier alpha value is -1.02. The maximum Gasteiger partial charge on any atom is 0.0434 e. The van der Waals surface area contributed by atoms with Crippen LogP contribution in [-0.2, 0) is 0 Å². The van der Waals surface area contributed by atoms with E-state index in [1.165, 1.54) is 16.8 Å². The molecule has 1 aromatic rings. The fraction of sp³-hybridized carbons (Fsp3) is 0.600. The molecule has 0 aliphatic rings. The molecule has 0 heterocycles. The molecule has 0 bridgehead atoms. The molecule has 1 aromatic carbocycles. The highest BCUT2D eigenvalue weighted by molar-refractivity contribution is 5.54. The van der Waals surface area contributed by atoms with Gasteiger partial charge in [0.15, 0.2) is 0 Å². The largest absolute Gasteiger partial charge is 0.370 e. The predicted octanol–water partition coefficient (Wildman–Crippen LogP) is 3.11. The first-order valence-corrected chi connectivity index (χ1v) is 6.51. The molecule has 0 aliphatic heterocycles. The van der Waals surface area contributed by atoms with Crippen LogP contribution >= 0.6 is 0 Å². The molecule has 17 heavy (non-hydrogen) atoms. The third-order valence-corrected chi connectivity index (χ3v) is 3.77. The molecule has 0 amide bonds. The van der Waals surface area contributed by atoms with Crippen LogP contribution in [0.5, 0.6) is 0 Å². The predicted molar refractivity (Wildman–Crippen MR) is 76.6 cm³/mol. The van der Waals surface area contributed by atoms with Crippen molar-refractivity contribution in [3.8, 4) is 0 Å². The normalized spacial score (nSPS) is 14.5. The molecular formula is C15H26N2. The maximum absolute atomic E-state index is 5.93. The van der Waals surface area contributed by atoms with Crippen molar-refractivity contribution in [2.45, 2.75) is 40.2 Å². The second kappa shape index (κ2) is 6.06. The Bertz CT molecular complexity index is 360. The summed E-state index contributed by atoms with van der Waals surface area (Å²) in [6, 6.07) is 7.02. The number of aryl methyl sites for hydroxylation is 2. The summed E-state index contributed by atoms with van der Waals surface area (Å²) in [4.78, 5) is 2.34. The van der Waals surface area contributed by atoms with E-state index in [1.807, 2.05) is 0 Å². The van der Waals surface area contributed by atoms with Gasteiger partial charge in [0.1, 0.15) is 0 Å². The van der Waals surface area contributed by atoms with Crippen molar-refractivity contribution in [3.05, 3.63) is 29.3 Å². The quantitative estimate of drug-likeness (QED) is 0.848. The Kier molecular flexibility index (Phi) is 5.01. The molecular weight excluding hydrogens is 208 g/mol. The van der Waals surface area contributed by atoms with Crippen molar-refractivity contribution < 1.29 is 0 Å². The van der Waals surface area contributed by atoms with E-state index < -0.39 is 0 Å². The first kappa shape index (κ1) is 14.0. The lowest BCUT2D eigenvalue weighted by molar-refractivity contribution is 0.433. The summed E-state index contributed by atoms with van der Waals surface area (Å²) >= 11 is 0. The summed E-state index contributed by atoms with van der Waals surface area (Å²) in [5.41, 5.74) is 9.86. The summed E-state index contributed by atoms with van der Waals surface area (Å²) in [6.07, 6.45) is 1.16. The van der Waals surface area contributed by atoms with Crippen molar-refractivity contribution in [1.29, 1.82) is 0 Å². The van der Waals surface area contributed by atoms with Gasteiger partial charge in [-0.2, -0.15) is 0 Å². The fourth-order valence-corrected chi connectivity index (χ4v) is 2.42. The number of nitrogens with zero attached hydrogens (tertiary/aromatic N) is 1. The Labute approximate surface area is 106 Å². The Morgan fingerprint density at radius 1 is 1.29 bits per heavy atom. The summed E-state index contributed by atoms with van der Waals surface area (Å²) in [5, 5.41) is 0. The van der Waals surface area contributed by atoms with Gasteiger partial charge >= 0.3 is 0 Å². The minimum Gasteiger partial charge on any atom is -0.370 e. The van der Waals surface area contributed by atoms with Gasteiger partial charge in [0.05, 0.1) is 0 Å². The third-order valence-electron chi connectivity index (χ3n) is 3.77. The summed E-state index contributed by atoms with van der Waals surface area (Å²) in [5.74, 6) is 0.616. The van der Waals surface area contributed by atoms with Crippen LogP contribution in [-0.4, -0.2) is 19.6 Å². The smallest absolute Gasteiger partial charge is 0.0434 e. The van der Waals surface area contributed by atoms with Crippen molar-refractivity contribution in [3.63, 3.8) is 0 Å². The number of likely N-dealkylation sites (N-methyl/N-ethyl adjacent to an activating group) is 1. The Morgan fingerprint density at radius 2 is 1.94 bits per heavy atom. The number of hydrogen-bond donors (Lipinski definition) is 1. The number of nitrogens with two attached hydrogens (primary N) is 1. The molecule has 2 N–H and O–H groups in total. The SMILES string of the molecule is CCC(C)C(CN)N(C)c1ccc(C)cc1C. The topological polar surface area (TPSA) is 29.3 Å². The number of benzene rings is 1. The van der Waals surface area contributed by atoms with E-state index in [2.05, 4.69) is 57.8 Å². The van der Waals surface area contributed by atoms with E-state index >= 15 is 0 Å². The highest BCUT2D eigenvalue weighted by Gasteiger charge is 2.20. The lowest BCUT2D eigenvalue weighted by Crippen LogP contribution is -2.42. The van der Waals surface area contributed by atoms with E-state index in [1.54, 1.807) is 0 Å². The summed E-state index contributed by atoms with van der Waals surface area (Å²) in [7, 11) is 2.15. The van der Waals surface area contributed by atoms with Gasteiger partial charge in [-0.25, -0.2) is 0 Å². The average molecular weight is 234 g/mol. The van der Waals surface area contributed by atoms with Gasteiger partial charge in [0.25, 0.3) is 0 Å². The average Bonchev–Trinajstić information content (AvgIpc) is 2.29. The minimum atomic E-state index is 0.418. The molecule has 2 unspecified atom stereocenters. The highest BCUT2D eigenvalue weighted by atomic mass is 15.1. The van der Waals surface area contributed by atoms with Gasteiger partial charge < -0.3 is 10.6 Å². The monoisotopic (exact) mass is 234 g/mol. The third kappa shape index (κ3) is 3.22. The zero-order valence-electron chi connectivity index (χ0n) is 11.8. The van der Waals surface area contributed by atoms with Crippen LogP contribution in [0.4, 0.5) is 5.69 Å². The van der Waals surface area contributed by atoms with E-state index in [0.717, 1.165) is 6.42 Å². The molecule has 0 saturated heterocycles. The maximum atomic E-state index is 5.93. The van der Waals surface area contributed by atoms with Crippen molar-refractivity contribution in [1.82, 2.24) is 0 Å². The van der Waals surface area contributed by atoms with E-state index in [-0.39, 0.29) is 0 Å². The highest BCUT2D eigenvalue weighted by Crippen LogP contribution is 2.24. The van der Waals surface area contributed by atoms with Crippen molar-refractivity contribution in [2.24, 2.45) is 11.7 Å². The summed E-state index contributed by atoms with van der Waals surface area (Å²) in [6.45, 7) is 9.51. The second-order valence-electron chi connectivity index (χ2n) is 5.09. The lowest BCUT2D eigenvalue weighted by Gasteiger charge is -2.34. The van der Waals surface area contributed by atoms with E-state index in [9.17, 15) is 0 Å². The van der Waals surface area contributed by atoms with Crippen LogP contribution in [0, 0.1) is 19.8 Å². The van der Waals surface area contributed by atoms with E-state index in [0.29, 0.717) is 18.5 Å². The zero-order valence-corrected chi connectivity index (χ0v) is 11.8. The molecule has 2 nitrogen and oxygen atoms in total. The van der Waals surface area contributed by atoms with Gasteiger partial charge in [0.2, 0.25) is 0 Å². The lowest BCUT2D eigenvalue weighted by atomic mass is 9.96. The van der Waals surface area contributed by atoms with Gasteiger partial charge in [0, 0.05) is 25.3 Å². The first-order chi connectivity index (χ1) is 8.01. The molecule has 0 aromatic heterocycles. The van der Waals surface area contributed by atoms with Crippen LogP contribution < -0.4 is 10.6 Å². The number of rotatable bonds is 5. The van der Waals surface area contributed by atoms with Crippen molar-refractivity contribution in [2.75, 3.05) is 18.5 Å². The van der Waals surface area contributed by atoms with Gasteiger partial charge in [-0.1, -0.05) is 38.0 Å². The Balaban J connectivity index is 2.97. The van der Waals surface area contributed by atoms with Gasteiger partial charge in [-0.05, 0) is 31.4 Å². The molecule has 0 aliphatic carbocycles. The second-order valence-corrected chi connectivity index (χ2v) is 5.09. The van der Waals surface area contributed by atoms with Crippen LogP contribution in [0.15, 0.2) is 18.2 Å². The van der Waals surface area contributed by atoms with Crippen LogP contribution in [0.2, 0.25) is 0 Å². The number of anilines is 1. The molecule has 1 rings (SSSR count). The standard InChI is InChI=1S/C15H26N2/c1-6-12(3)15(10-16)17(5)14-8-7-11(2)9-13(14)4/h7-9,12,15H,6,10,16H2,1-5H3. The fourth-order valence-electron chi connectivity index (χ4n) is 2.42. The molecule has 0 saturated carbocycles. The minimum absolute atomic E-state index is 0.418. The first-order valence-electron chi connectivity index (χ1n) is 6.51. The van der Waals surface area contributed by atoms with E-state index in [4.69, 9.17) is 5.73 Å². The molecule has 2 atom stereocenters. The molecule has 2 heteroatoms. The van der Waals surface area contributed by atoms with Gasteiger partial charge in [-0.15, -0.1) is 0 Å². The molecule has 96 valence electrons. The van der Waals surface area contributed by atoms with Crippen LogP contribution in [0.3, 0.4) is 0 Å². The summed E-state index contributed by atoms with van der Waals surface area (Å²) < 4.78 is 0. The molecule has 0 fully saturated rings. The zero-order chi connectivity index (χ0) is 13.0. The van der Waals surface area contributed by atoms with Crippen LogP contribution in [0.1, 0.15) is 31.4 Å². The van der Waals surface area contributed by atoms with Crippen LogP contribution in [0.25, 0.3) is 0 Å². The Morgan fingerprint density at radius 3 is 2.41 bits per heavy atom.